The van der Waals surface area contributed by atoms with E-state index in [-0.39, 0.29) is 5.41 Å². The normalized spacial score (nSPS) is 13.1. The van der Waals surface area contributed by atoms with E-state index in [1.54, 1.807) is 11.3 Å². The molecule has 59 heavy (non-hydrogen) atoms. The van der Waals surface area contributed by atoms with E-state index in [1.165, 1.54) is 53.6 Å². The van der Waals surface area contributed by atoms with E-state index in [2.05, 4.69) is 147 Å². The van der Waals surface area contributed by atoms with Gasteiger partial charge in [-0.3, -0.25) is 0 Å². The van der Waals surface area contributed by atoms with Crippen LogP contribution in [-0.4, -0.2) is 15.0 Å². The number of rotatable bonds is 5. The summed E-state index contributed by atoms with van der Waals surface area (Å²) < 4.78 is 8.98. The molecule has 0 N–H and O–H groups in total. The Balaban J connectivity index is 0.974. The average molecular weight is 774 g/mol. The molecule has 8 aromatic carbocycles. The summed E-state index contributed by atoms with van der Waals surface area (Å²) in [6.45, 7) is 4.67. The number of fused-ring (bicyclic) bond motifs is 9. The van der Waals surface area contributed by atoms with Gasteiger partial charge in [0, 0.05) is 53.1 Å². The molecule has 0 saturated carbocycles. The van der Waals surface area contributed by atoms with E-state index in [9.17, 15) is 0 Å². The van der Waals surface area contributed by atoms with Gasteiger partial charge in [0.25, 0.3) is 0 Å². The zero-order valence-corrected chi connectivity index (χ0v) is 33.2. The van der Waals surface area contributed by atoms with Gasteiger partial charge in [-0.25, -0.2) is 15.0 Å². The van der Waals surface area contributed by atoms with Crippen LogP contribution in [0.4, 0.5) is 0 Å². The minimum atomic E-state index is -0.0382. The molecule has 0 spiro atoms. The second-order valence-electron chi connectivity index (χ2n) is 15.9. The molecule has 3 heterocycles. The van der Waals surface area contributed by atoms with Crippen LogP contribution in [0.15, 0.2) is 180 Å². The molecule has 0 amide bonds. The molecule has 5 heteroatoms. The van der Waals surface area contributed by atoms with Crippen molar-refractivity contribution < 1.29 is 4.42 Å². The molecule has 3 aromatic heterocycles. The van der Waals surface area contributed by atoms with E-state index >= 15 is 0 Å². The first-order valence-electron chi connectivity index (χ1n) is 20.0. The van der Waals surface area contributed by atoms with Crippen LogP contribution in [-0.2, 0) is 5.41 Å². The van der Waals surface area contributed by atoms with Crippen molar-refractivity contribution >= 4 is 53.4 Å². The van der Waals surface area contributed by atoms with Gasteiger partial charge in [-0.1, -0.05) is 159 Å². The lowest BCUT2D eigenvalue weighted by atomic mass is 9.82. The van der Waals surface area contributed by atoms with Crippen molar-refractivity contribution in [3.05, 3.63) is 187 Å². The van der Waals surface area contributed by atoms with Gasteiger partial charge in [0.05, 0.1) is 0 Å². The maximum atomic E-state index is 6.51. The Morgan fingerprint density at radius 2 is 1.05 bits per heavy atom. The molecule has 1 aliphatic carbocycles. The van der Waals surface area contributed by atoms with Gasteiger partial charge in [-0.2, -0.15) is 0 Å². The molecule has 278 valence electrons. The van der Waals surface area contributed by atoms with Gasteiger partial charge in [0.2, 0.25) is 0 Å². The maximum absolute atomic E-state index is 6.51. The monoisotopic (exact) mass is 773 g/mol. The van der Waals surface area contributed by atoms with Crippen LogP contribution < -0.4 is 0 Å². The Labute approximate surface area is 345 Å². The molecule has 0 aliphatic heterocycles. The van der Waals surface area contributed by atoms with E-state index < -0.39 is 0 Å². The molecule has 0 radical (unpaired) electrons. The minimum absolute atomic E-state index is 0.0382. The zero-order valence-electron chi connectivity index (χ0n) is 32.4. The predicted molar refractivity (Wildman–Crippen MR) is 245 cm³/mol. The largest absolute Gasteiger partial charge is 0.456 e. The zero-order chi connectivity index (χ0) is 39.2. The Bertz CT molecular complexity index is 3470. The van der Waals surface area contributed by atoms with E-state index in [0.717, 1.165) is 49.8 Å². The van der Waals surface area contributed by atoms with E-state index in [1.807, 2.05) is 42.5 Å². The summed E-state index contributed by atoms with van der Waals surface area (Å²) in [4.78, 5) is 15.4. The van der Waals surface area contributed by atoms with Crippen molar-refractivity contribution in [2.45, 2.75) is 19.3 Å². The van der Waals surface area contributed by atoms with Gasteiger partial charge in [0.1, 0.15) is 11.2 Å². The van der Waals surface area contributed by atoms with Crippen LogP contribution in [0.2, 0.25) is 0 Å². The fraction of sp³-hybridized carbons (Fsp3) is 0.0556. The maximum Gasteiger partial charge on any atom is 0.164 e. The fourth-order valence-electron chi connectivity index (χ4n) is 9.24. The smallest absolute Gasteiger partial charge is 0.164 e. The summed E-state index contributed by atoms with van der Waals surface area (Å²) in [5, 5.41) is 4.51. The second kappa shape index (κ2) is 12.9. The number of benzene rings is 8. The molecule has 1 aliphatic rings. The first-order chi connectivity index (χ1) is 29.0. The summed E-state index contributed by atoms with van der Waals surface area (Å²) in [7, 11) is 0. The number of furan rings is 1. The lowest BCUT2D eigenvalue weighted by Crippen LogP contribution is -2.14. The SMILES string of the molecule is CC1(C)c2ccccc2-c2c(-c3ccc(-c4ccc5oc6cccc(-c7nc(-c8ccccc8)nc(-c8ccc9c(c8)sc8ccccc89)n7)c6c5c4)cc3)cccc21. The van der Waals surface area contributed by atoms with Crippen molar-refractivity contribution in [2.75, 3.05) is 0 Å². The molecule has 11 aromatic rings. The summed E-state index contributed by atoms with van der Waals surface area (Å²) in [6, 6.07) is 62.5. The third kappa shape index (κ3) is 5.32. The van der Waals surface area contributed by atoms with E-state index in [4.69, 9.17) is 19.4 Å². The van der Waals surface area contributed by atoms with Gasteiger partial charge in [0.15, 0.2) is 17.5 Å². The van der Waals surface area contributed by atoms with Crippen LogP contribution in [0.25, 0.3) is 110 Å². The van der Waals surface area contributed by atoms with Crippen LogP contribution >= 0.6 is 11.3 Å². The Kier molecular flexibility index (Phi) is 7.41. The lowest BCUT2D eigenvalue weighted by molar-refractivity contribution is 0.660. The molecule has 4 nitrogen and oxygen atoms in total. The van der Waals surface area contributed by atoms with Crippen molar-refractivity contribution in [3.63, 3.8) is 0 Å². The number of hydrogen-bond acceptors (Lipinski definition) is 5. The standard InChI is InChI=1S/C54H35N3OS/c1-54(2)43-18-8-6-15-40(43)49-37(16-10-19-44(49)54)33-24-22-32(23-25-33)35-27-29-45-42(30-35)50-41(17-11-20-46(50)58-45)53-56-51(34-12-4-3-5-13-34)55-52(57-53)36-26-28-39-38-14-7-9-21-47(38)59-48(39)31-36/h3-31H,1-2H3. The summed E-state index contributed by atoms with van der Waals surface area (Å²) in [6.07, 6.45) is 0. The van der Waals surface area contributed by atoms with Gasteiger partial charge >= 0.3 is 0 Å². The highest BCUT2D eigenvalue weighted by molar-refractivity contribution is 7.25. The quantitative estimate of drug-likeness (QED) is 0.175. The molecule has 0 bridgehead atoms. The topological polar surface area (TPSA) is 51.8 Å². The van der Waals surface area contributed by atoms with Crippen molar-refractivity contribution in [3.8, 4) is 67.5 Å². The average Bonchev–Trinajstić information content (AvgIpc) is 3.93. The van der Waals surface area contributed by atoms with E-state index in [0.29, 0.717) is 17.5 Å². The van der Waals surface area contributed by atoms with Crippen LogP contribution in [0.3, 0.4) is 0 Å². The molecule has 0 saturated heterocycles. The Morgan fingerprint density at radius 3 is 1.93 bits per heavy atom. The van der Waals surface area contributed by atoms with Crippen LogP contribution in [0, 0.1) is 0 Å². The number of aromatic nitrogens is 3. The third-order valence-electron chi connectivity index (χ3n) is 12.2. The summed E-state index contributed by atoms with van der Waals surface area (Å²) >= 11 is 1.79. The lowest BCUT2D eigenvalue weighted by Gasteiger charge is -2.21. The summed E-state index contributed by atoms with van der Waals surface area (Å²) in [5.74, 6) is 1.87. The highest BCUT2D eigenvalue weighted by atomic mass is 32.1. The molecule has 0 atom stereocenters. The van der Waals surface area contributed by atoms with Crippen molar-refractivity contribution in [1.29, 1.82) is 0 Å². The van der Waals surface area contributed by atoms with Gasteiger partial charge < -0.3 is 4.42 Å². The van der Waals surface area contributed by atoms with Crippen LogP contribution in [0.1, 0.15) is 25.0 Å². The Hall–Kier alpha value is -7.21. The highest BCUT2D eigenvalue weighted by Gasteiger charge is 2.36. The number of thiophene rings is 1. The minimum Gasteiger partial charge on any atom is -0.456 e. The second-order valence-corrected chi connectivity index (χ2v) is 17.0. The molecule has 0 unspecified atom stereocenters. The first kappa shape index (κ1) is 33.9. The predicted octanol–water partition coefficient (Wildman–Crippen LogP) is 14.8. The molecule has 12 rings (SSSR count). The van der Waals surface area contributed by atoms with Gasteiger partial charge in [-0.05, 0) is 74.8 Å². The van der Waals surface area contributed by atoms with Gasteiger partial charge in [-0.15, -0.1) is 11.3 Å². The molecule has 0 fully saturated rings. The number of hydrogen-bond donors (Lipinski definition) is 0. The van der Waals surface area contributed by atoms with Crippen molar-refractivity contribution in [2.24, 2.45) is 0 Å². The van der Waals surface area contributed by atoms with Crippen molar-refractivity contribution in [1.82, 2.24) is 15.0 Å². The fourth-order valence-corrected chi connectivity index (χ4v) is 10.4. The molecular weight excluding hydrogens is 739 g/mol. The van der Waals surface area contributed by atoms with Crippen LogP contribution in [0.5, 0.6) is 0 Å². The third-order valence-corrected chi connectivity index (χ3v) is 13.3. The molecular formula is C54H35N3OS. The number of nitrogens with zero attached hydrogens (tertiary/aromatic N) is 3. The first-order valence-corrected chi connectivity index (χ1v) is 20.8. The highest BCUT2D eigenvalue weighted by Crippen LogP contribution is 2.52. The summed E-state index contributed by atoms with van der Waals surface area (Å²) in [5.41, 5.74) is 14.5. The Morgan fingerprint density at radius 1 is 0.407 bits per heavy atom.